The summed E-state index contributed by atoms with van der Waals surface area (Å²) < 4.78 is 36.7. The molecule has 0 aromatic heterocycles. The quantitative estimate of drug-likeness (QED) is 0.547. The fraction of sp³-hybridized carbons (Fsp3) is 0.600. The summed E-state index contributed by atoms with van der Waals surface area (Å²) in [6.07, 6.45) is -0.930. The molecule has 0 aliphatic heterocycles. The summed E-state index contributed by atoms with van der Waals surface area (Å²) in [5, 5.41) is 8.31. The molecule has 0 saturated heterocycles. The van der Waals surface area contributed by atoms with E-state index in [1.165, 1.54) is 0 Å². The molecule has 82 valence electrons. The van der Waals surface area contributed by atoms with Crippen LogP contribution in [0.15, 0.2) is 24.0 Å². The van der Waals surface area contributed by atoms with E-state index in [2.05, 4.69) is 0 Å². The molecule has 0 fully saturated rings. The van der Waals surface area contributed by atoms with Crippen molar-refractivity contribution in [3.63, 3.8) is 0 Å². The fourth-order valence-corrected chi connectivity index (χ4v) is 1.02. The van der Waals surface area contributed by atoms with Crippen LogP contribution >= 0.6 is 0 Å². The fourth-order valence-electron chi connectivity index (χ4n) is 1.02. The molecule has 1 unspecified atom stereocenters. The highest BCUT2D eigenvalue weighted by molar-refractivity contribution is 4.95. The third-order valence-corrected chi connectivity index (χ3v) is 1.77. The summed E-state index contributed by atoms with van der Waals surface area (Å²) in [6, 6.07) is 0. The van der Waals surface area contributed by atoms with Gasteiger partial charge in [-0.15, -0.1) is 0 Å². The summed E-state index contributed by atoms with van der Waals surface area (Å²) >= 11 is 0. The van der Waals surface area contributed by atoms with Gasteiger partial charge in [-0.05, 0) is 32.8 Å². The molecule has 4 heteroatoms. The highest BCUT2D eigenvalue weighted by Crippen LogP contribution is 2.30. The van der Waals surface area contributed by atoms with E-state index in [4.69, 9.17) is 5.11 Å². The Hall–Kier alpha value is -0.930. The van der Waals surface area contributed by atoms with E-state index in [1.807, 2.05) is 13.8 Å². The van der Waals surface area contributed by atoms with Crippen molar-refractivity contribution in [2.45, 2.75) is 32.9 Å². The van der Waals surface area contributed by atoms with Gasteiger partial charge in [0.1, 0.15) is 0 Å². The van der Waals surface area contributed by atoms with Gasteiger partial charge in [0.05, 0.1) is 12.2 Å². The van der Waals surface area contributed by atoms with Gasteiger partial charge in [-0.1, -0.05) is 11.6 Å². The first-order valence-electron chi connectivity index (χ1n) is 4.39. The lowest BCUT2D eigenvalue weighted by atomic mass is 10.0. The molecule has 14 heavy (non-hydrogen) atoms. The van der Waals surface area contributed by atoms with Crippen molar-refractivity contribution in [1.29, 1.82) is 0 Å². The summed E-state index contributed by atoms with van der Waals surface area (Å²) in [4.78, 5) is 0. The number of hydrogen-bond acceptors (Lipinski definition) is 1. The molecule has 0 saturated carbocycles. The lowest BCUT2D eigenvalue weighted by molar-refractivity contribution is -0.162. The molecule has 0 amide bonds. The maximum absolute atomic E-state index is 12.2. The second-order valence-corrected chi connectivity index (χ2v) is 3.35. The van der Waals surface area contributed by atoms with Gasteiger partial charge in [-0.3, -0.25) is 0 Å². The number of alkyl halides is 3. The molecule has 0 aromatic carbocycles. The minimum Gasteiger partial charge on any atom is -0.516 e. The van der Waals surface area contributed by atoms with Gasteiger partial charge in [-0.2, -0.15) is 13.2 Å². The number of halogens is 3. The predicted octanol–water partition coefficient (Wildman–Crippen LogP) is 3.98. The van der Waals surface area contributed by atoms with E-state index in [1.54, 1.807) is 6.08 Å². The Kier molecular flexibility index (Phi) is 5.35. The molecular formula is C10H15F3O. The second kappa shape index (κ2) is 5.73. The predicted molar refractivity (Wildman–Crippen MR) is 50.0 cm³/mol. The summed E-state index contributed by atoms with van der Waals surface area (Å²) in [5.41, 5.74) is 0.999. The smallest absolute Gasteiger partial charge is 0.395 e. The first-order valence-corrected chi connectivity index (χ1v) is 4.39. The van der Waals surface area contributed by atoms with Crippen molar-refractivity contribution >= 4 is 0 Å². The molecule has 0 bridgehead atoms. The number of aliphatic hydroxyl groups is 1. The average molecular weight is 208 g/mol. The zero-order valence-corrected chi connectivity index (χ0v) is 8.30. The highest BCUT2D eigenvalue weighted by atomic mass is 19.4. The van der Waals surface area contributed by atoms with Crippen LogP contribution in [0, 0.1) is 5.92 Å². The molecule has 1 atom stereocenters. The zero-order valence-electron chi connectivity index (χ0n) is 8.30. The SMILES string of the molecule is CC(C)=CCCC(/C=C/O)C(F)(F)F. The second-order valence-electron chi connectivity index (χ2n) is 3.35. The lowest BCUT2D eigenvalue weighted by Crippen LogP contribution is -2.20. The van der Waals surface area contributed by atoms with Gasteiger partial charge in [0.25, 0.3) is 0 Å². The van der Waals surface area contributed by atoms with E-state index < -0.39 is 12.1 Å². The number of hydrogen-bond donors (Lipinski definition) is 1. The first-order chi connectivity index (χ1) is 6.38. The van der Waals surface area contributed by atoms with Crippen LogP contribution in [0.2, 0.25) is 0 Å². The van der Waals surface area contributed by atoms with Crippen LogP contribution in [0.4, 0.5) is 13.2 Å². The minimum atomic E-state index is -4.27. The molecule has 0 aliphatic carbocycles. The Balaban J connectivity index is 4.19. The summed E-state index contributed by atoms with van der Waals surface area (Å²) in [7, 11) is 0. The molecular weight excluding hydrogens is 193 g/mol. The van der Waals surface area contributed by atoms with Gasteiger partial charge < -0.3 is 5.11 Å². The molecule has 0 rings (SSSR count). The normalized spacial score (nSPS) is 14.4. The maximum atomic E-state index is 12.2. The summed E-state index contributed by atoms with van der Waals surface area (Å²) in [5.74, 6) is -1.55. The van der Waals surface area contributed by atoms with Crippen molar-refractivity contribution < 1.29 is 18.3 Å². The third-order valence-electron chi connectivity index (χ3n) is 1.77. The zero-order chi connectivity index (χ0) is 11.2. The third kappa shape index (κ3) is 5.67. The topological polar surface area (TPSA) is 20.2 Å². The van der Waals surface area contributed by atoms with Crippen molar-refractivity contribution in [1.82, 2.24) is 0 Å². The van der Waals surface area contributed by atoms with Crippen LogP contribution in [-0.2, 0) is 0 Å². The molecule has 0 radical (unpaired) electrons. The van der Waals surface area contributed by atoms with Gasteiger partial charge in [0, 0.05) is 0 Å². The Morgan fingerprint density at radius 1 is 1.36 bits per heavy atom. The number of rotatable bonds is 4. The van der Waals surface area contributed by atoms with E-state index >= 15 is 0 Å². The lowest BCUT2D eigenvalue weighted by Gasteiger charge is -2.15. The van der Waals surface area contributed by atoms with Crippen LogP contribution in [0.5, 0.6) is 0 Å². The van der Waals surface area contributed by atoms with Gasteiger partial charge in [0.15, 0.2) is 0 Å². The first kappa shape index (κ1) is 13.1. The molecule has 0 heterocycles. The van der Waals surface area contributed by atoms with Crippen LogP contribution in [-0.4, -0.2) is 11.3 Å². The van der Waals surface area contributed by atoms with Crippen molar-refractivity contribution in [3.8, 4) is 0 Å². The van der Waals surface area contributed by atoms with Crippen molar-refractivity contribution in [2.75, 3.05) is 0 Å². The Morgan fingerprint density at radius 3 is 2.29 bits per heavy atom. The van der Waals surface area contributed by atoms with Crippen molar-refractivity contribution in [3.05, 3.63) is 24.0 Å². The Bertz CT molecular complexity index is 212. The summed E-state index contributed by atoms with van der Waals surface area (Å²) in [6.45, 7) is 3.68. The standard InChI is InChI=1S/C10H15F3O/c1-8(2)4-3-5-9(6-7-14)10(11,12)13/h4,6-7,9,14H,3,5H2,1-2H3/b7-6+. The van der Waals surface area contributed by atoms with Gasteiger partial charge in [0.2, 0.25) is 0 Å². The van der Waals surface area contributed by atoms with E-state index in [9.17, 15) is 13.2 Å². The Morgan fingerprint density at radius 2 is 1.93 bits per heavy atom. The van der Waals surface area contributed by atoms with Gasteiger partial charge in [-0.25, -0.2) is 0 Å². The minimum absolute atomic E-state index is 0.0221. The number of aliphatic hydroxyl groups excluding tert-OH is 1. The largest absolute Gasteiger partial charge is 0.516 e. The molecule has 0 spiro atoms. The monoisotopic (exact) mass is 208 g/mol. The van der Waals surface area contributed by atoms with E-state index in [-0.39, 0.29) is 6.42 Å². The molecule has 0 aromatic rings. The van der Waals surface area contributed by atoms with Crippen LogP contribution in [0.25, 0.3) is 0 Å². The Labute approximate surface area is 81.9 Å². The van der Waals surface area contributed by atoms with Gasteiger partial charge >= 0.3 is 6.18 Å². The van der Waals surface area contributed by atoms with Crippen LogP contribution in [0.1, 0.15) is 26.7 Å². The van der Waals surface area contributed by atoms with Crippen LogP contribution in [0.3, 0.4) is 0 Å². The maximum Gasteiger partial charge on any atom is 0.395 e. The van der Waals surface area contributed by atoms with Crippen LogP contribution < -0.4 is 0 Å². The number of allylic oxidation sites excluding steroid dienone is 3. The van der Waals surface area contributed by atoms with E-state index in [0.717, 1.165) is 11.6 Å². The molecule has 0 aliphatic rings. The highest BCUT2D eigenvalue weighted by Gasteiger charge is 2.36. The average Bonchev–Trinajstić information content (AvgIpc) is 2.00. The molecule has 1 N–H and O–H groups in total. The molecule has 1 nitrogen and oxygen atoms in total. The van der Waals surface area contributed by atoms with Crippen molar-refractivity contribution in [2.24, 2.45) is 5.92 Å². The van der Waals surface area contributed by atoms with E-state index in [0.29, 0.717) is 12.7 Å².